The maximum atomic E-state index is 12.4. The van der Waals surface area contributed by atoms with Crippen LogP contribution in [-0.2, 0) is 10.0 Å². The molecule has 1 aromatic carbocycles. The summed E-state index contributed by atoms with van der Waals surface area (Å²) in [5.41, 5.74) is 8.63. The van der Waals surface area contributed by atoms with Gasteiger partial charge < -0.3 is 5.73 Å². The summed E-state index contributed by atoms with van der Waals surface area (Å²) in [5.74, 6) is 0. The van der Waals surface area contributed by atoms with Crippen molar-refractivity contribution in [2.45, 2.75) is 46.4 Å². The molecule has 0 amide bonds. The van der Waals surface area contributed by atoms with Crippen molar-refractivity contribution in [2.75, 3.05) is 12.3 Å². The number of hydrogen-bond acceptors (Lipinski definition) is 3. The lowest BCUT2D eigenvalue weighted by Gasteiger charge is -2.21. The van der Waals surface area contributed by atoms with Crippen molar-refractivity contribution in [2.24, 2.45) is 5.41 Å². The maximum Gasteiger partial charge on any atom is 0.241 e. The number of aryl methyl sites for hydroxylation is 2. The van der Waals surface area contributed by atoms with Crippen LogP contribution >= 0.6 is 0 Å². The van der Waals surface area contributed by atoms with Crippen LogP contribution < -0.4 is 10.5 Å². The van der Waals surface area contributed by atoms with E-state index in [1.165, 1.54) is 0 Å². The Morgan fingerprint density at radius 3 is 2.16 bits per heavy atom. The van der Waals surface area contributed by atoms with Crippen molar-refractivity contribution < 1.29 is 8.42 Å². The Morgan fingerprint density at radius 2 is 1.68 bits per heavy atom. The largest absolute Gasteiger partial charge is 0.398 e. The Bertz CT molecular complexity index is 584. The van der Waals surface area contributed by atoms with Crippen LogP contribution in [0.25, 0.3) is 0 Å². The number of nitrogens with one attached hydrogen (secondary N) is 1. The average molecular weight is 284 g/mol. The summed E-state index contributed by atoms with van der Waals surface area (Å²) in [6.45, 7) is 11.8. The smallest absolute Gasteiger partial charge is 0.241 e. The fraction of sp³-hybridized carbons (Fsp3) is 0.571. The normalized spacial score (nSPS) is 12.7. The topological polar surface area (TPSA) is 72.2 Å². The van der Waals surface area contributed by atoms with E-state index >= 15 is 0 Å². The molecule has 0 bridgehead atoms. The van der Waals surface area contributed by atoms with E-state index in [4.69, 9.17) is 5.73 Å². The van der Waals surface area contributed by atoms with E-state index in [9.17, 15) is 8.42 Å². The molecular weight excluding hydrogens is 260 g/mol. The molecule has 1 aromatic rings. The summed E-state index contributed by atoms with van der Waals surface area (Å²) in [5, 5.41) is 0. The average Bonchev–Trinajstić information content (AvgIpc) is 2.22. The van der Waals surface area contributed by atoms with Gasteiger partial charge in [-0.1, -0.05) is 26.8 Å². The zero-order valence-electron chi connectivity index (χ0n) is 12.6. The highest BCUT2D eigenvalue weighted by Gasteiger charge is 2.23. The van der Waals surface area contributed by atoms with E-state index in [-0.39, 0.29) is 5.41 Å². The second-order valence-corrected chi connectivity index (χ2v) is 7.97. The molecule has 3 N–H and O–H groups in total. The van der Waals surface area contributed by atoms with Gasteiger partial charge in [-0.15, -0.1) is 0 Å². The third-order valence-corrected chi connectivity index (χ3v) is 4.71. The van der Waals surface area contributed by atoms with Crippen LogP contribution in [0.2, 0.25) is 0 Å². The van der Waals surface area contributed by atoms with Gasteiger partial charge in [0, 0.05) is 12.2 Å². The number of anilines is 1. The quantitative estimate of drug-likeness (QED) is 0.838. The van der Waals surface area contributed by atoms with Crippen molar-refractivity contribution in [3.05, 3.63) is 22.8 Å². The first kappa shape index (κ1) is 16.0. The molecule has 0 aliphatic rings. The minimum absolute atomic E-state index is 0.106. The minimum Gasteiger partial charge on any atom is -0.398 e. The van der Waals surface area contributed by atoms with Gasteiger partial charge in [-0.2, -0.15) is 0 Å². The molecule has 0 heterocycles. The lowest BCUT2D eigenvalue weighted by atomic mass is 9.98. The third kappa shape index (κ3) is 3.70. The lowest BCUT2D eigenvalue weighted by Crippen LogP contribution is -2.33. The Kier molecular flexibility index (Phi) is 4.32. The van der Waals surface area contributed by atoms with Gasteiger partial charge in [0.25, 0.3) is 0 Å². The number of benzene rings is 1. The van der Waals surface area contributed by atoms with Gasteiger partial charge >= 0.3 is 0 Å². The van der Waals surface area contributed by atoms with Crippen molar-refractivity contribution in [3.8, 4) is 0 Å². The molecule has 0 fully saturated rings. The molecule has 0 aliphatic carbocycles. The highest BCUT2D eigenvalue weighted by atomic mass is 32.2. The fourth-order valence-corrected chi connectivity index (χ4v) is 3.74. The molecule has 0 saturated heterocycles. The molecule has 0 atom stereocenters. The van der Waals surface area contributed by atoms with Crippen LogP contribution in [0.4, 0.5) is 5.69 Å². The summed E-state index contributed by atoms with van der Waals surface area (Å²) >= 11 is 0. The van der Waals surface area contributed by atoms with Gasteiger partial charge in [0.05, 0.1) is 4.90 Å². The third-order valence-electron chi connectivity index (χ3n) is 3.02. The molecule has 0 radical (unpaired) electrons. The standard InChI is InChI=1S/C14H24N2O2S/c1-9-7-10(2)13(11(3)12(9)15)19(17,18)16-8-14(4,5)6/h7,16H,8,15H2,1-6H3. The second kappa shape index (κ2) is 5.13. The Labute approximate surface area is 116 Å². The lowest BCUT2D eigenvalue weighted by molar-refractivity contribution is 0.407. The molecular formula is C14H24N2O2S. The molecule has 0 aliphatic heterocycles. The van der Waals surface area contributed by atoms with E-state index in [0.717, 1.165) is 11.1 Å². The van der Waals surface area contributed by atoms with Crippen molar-refractivity contribution in [1.29, 1.82) is 0 Å². The molecule has 0 spiro atoms. The van der Waals surface area contributed by atoms with Gasteiger partial charge in [-0.05, 0) is 42.9 Å². The molecule has 108 valence electrons. The van der Waals surface area contributed by atoms with Crippen LogP contribution in [0.1, 0.15) is 37.5 Å². The zero-order valence-corrected chi connectivity index (χ0v) is 13.4. The maximum absolute atomic E-state index is 12.4. The highest BCUT2D eigenvalue weighted by molar-refractivity contribution is 7.89. The molecule has 19 heavy (non-hydrogen) atoms. The van der Waals surface area contributed by atoms with Gasteiger partial charge in [0.2, 0.25) is 10.0 Å². The minimum atomic E-state index is -3.52. The number of hydrogen-bond donors (Lipinski definition) is 2. The SMILES string of the molecule is Cc1cc(C)c(S(=O)(=O)NCC(C)(C)C)c(C)c1N. The number of sulfonamides is 1. The van der Waals surface area contributed by atoms with Crippen molar-refractivity contribution in [1.82, 2.24) is 4.72 Å². The predicted molar refractivity (Wildman–Crippen MR) is 79.7 cm³/mol. The van der Waals surface area contributed by atoms with E-state index < -0.39 is 10.0 Å². The Hall–Kier alpha value is -1.07. The molecule has 1 rings (SSSR count). The van der Waals surface area contributed by atoms with Crippen LogP contribution in [-0.4, -0.2) is 15.0 Å². The first-order chi connectivity index (χ1) is 8.46. The van der Waals surface area contributed by atoms with Crippen LogP contribution in [0.15, 0.2) is 11.0 Å². The summed E-state index contributed by atoms with van der Waals surface area (Å²) in [7, 11) is -3.52. The second-order valence-electron chi connectivity index (χ2n) is 6.26. The van der Waals surface area contributed by atoms with Gasteiger partial charge in [-0.3, -0.25) is 0 Å². The first-order valence-electron chi connectivity index (χ1n) is 6.31. The molecule has 4 nitrogen and oxygen atoms in total. The summed E-state index contributed by atoms with van der Waals surface area (Å²) < 4.78 is 27.5. The van der Waals surface area contributed by atoms with Gasteiger partial charge in [-0.25, -0.2) is 13.1 Å². The number of nitrogen functional groups attached to an aromatic ring is 1. The van der Waals surface area contributed by atoms with Crippen LogP contribution in [0.3, 0.4) is 0 Å². The summed E-state index contributed by atoms with van der Waals surface area (Å²) in [4.78, 5) is 0.305. The van der Waals surface area contributed by atoms with Gasteiger partial charge in [0.1, 0.15) is 0 Å². The molecule has 0 unspecified atom stereocenters. The number of nitrogens with two attached hydrogens (primary N) is 1. The predicted octanol–water partition coefficient (Wildman–Crippen LogP) is 2.52. The highest BCUT2D eigenvalue weighted by Crippen LogP contribution is 2.28. The monoisotopic (exact) mass is 284 g/mol. The van der Waals surface area contributed by atoms with E-state index in [1.807, 2.05) is 33.8 Å². The fourth-order valence-electron chi connectivity index (χ4n) is 1.98. The Balaban J connectivity index is 3.27. The zero-order chi connectivity index (χ0) is 15.0. The van der Waals surface area contributed by atoms with Crippen LogP contribution in [0.5, 0.6) is 0 Å². The van der Waals surface area contributed by atoms with Gasteiger partial charge in [0.15, 0.2) is 0 Å². The first-order valence-corrected chi connectivity index (χ1v) is 7.80. The van der Waals surface area contributed by atoms with Crippen molar-refractivity contribution >= 4 is 15.7 Å². The summed E-state index contributed by atoms with van der Waals surface area (Å²) in [6, 6.07) is 1.81. The van der Waals surface area contributed by atoms with E-state index in [2.05, 4.69) is 4.72 Å². The Morgan fingerprint density at radius 1 is 1.16 bits per heavy atom. The molecule has 0 aromatic heterocycles. The van der Waals surface area contributed by atoms with Crippen molar-refractivity contribution in [3.63, 3.8) is 0 Å². The summed E-state index contributed by atoms with van der Waals surface area (Å²) in [6.07, 6.45) is 0. The molecule has 0 saturated carbocycles. The van der Waals surface area contributed by atoms with Crippen LogP contribution in [0, 0.1) is 26.2 Å². The molecule has 5 heteroatoms. The number of rotatable bonds is 3. The van der Waals surface area contributed by atoms with E-state index in [0.29, 0.717) is 22.7 Å². The van der Waals surface area contributed by atoms with E-state index in [1.54, 1.807) is 13.8 Å².